The number of allylic oxidation sites excluding steroid dienone is 1. The molecule has 82 valence electrons. The predicted octanol–water partition coefficient (Wildman–Crippen LogP) is 2.58. The average molecular weight is 213 g/mol. The largest absolute Gasteiger partial charge is 0.326 e. The Morgan fingerprint density at radius 1 is 1.31 bits per heavy atom. The summed E-state index contributed by atoms with van der Waals surface area (Å²) in [5, 5.41) is 2.75. The zero-order chi connectivity index (χ0) is 11.5. The van der Waals surface area contributed by atoms with Gasteiger partial charge in [-0.2, -0.15) is 0 Å². The van der Waals surface area contributed by atoms with Gasteiger partial charge in [-0.25, -0.2) is 0 Å². The topological polar surface area (TPSA) is 29.1 Å². The van der Waals surface area contributed by atoms with E-state index in [-0.39, 0.29) is 5.91 Å². The van der Waals surface area contributed by atoms with Gasteiger partial charge in [-0.3, -0.25) is 4.79 Å². The van der Waals surface area contributed by atoms with Crippen LogP contribution in [0.5, 0.6) is 0 Å². The lowest BCUT2D eigenvalue weighted by atomic mass is 9.94. The summed E-state index contributed by atoms with van der Waals surface area (Å²) < 4.78 is 0. The molecule has 0 atom stereocenters. The number of rotatable bonds is 2. The maximum atomic E-state index is 11.6. The third-order valence-corrected chi connectivity index (χ3v) is 2.85. The van der Waals surface area contributed by atoms with Gasteiger partial charge in [0.25, 0.3) is 5.91 Å². The Morgan fingerprint density at radius 3 is 2.69 bits per heavy atom. The van der Waals surface area contributed by atoms with E-state index in [1.165, 1.54) is 11.1 Å². The van der Waals surface area contributed by atoms with Crippen LogP contribution >= 0.6 is 0 Å². The second-order valence-electron chi connectivity index (χ2n) is 4.13. The second-order valence-corrected chi connectivity index (χ2v) is 4.13. The van der Waals surface area contributed by atoms with Gasteiger partial charge < -0.3 is 5.32 Å². The Balaban J connectivity index is 2.24. The summed E-state index contributed by atoms with van der Waals surface area (Å²) in [5.74, 6) is -0.0119. The highest BCUT2D eigenvalue weighted by atomic mass is 16.1. The molecule has 1 aromatic carbocycles. The summed E-state index contributed by atoms with van der Waals surface area (Å²) in [5.41, 5.74) is 4.03. The fraction of sp³-hybridized carbons (Fsp3) is 0.214. The number of hydrogen-bond donors (Lipinski definition) is 1. The third-order valence-electron chi connectivity index (χ3n) is 2.85. The van der Waals surface area contributed by atoms with Crippen molar-refractivity contribution >= 4 is 5.91 Å². The first-order valence-electron chi connectivity index (χ1n) is 5.38. The average Bonchev–Trinajstić information content (AvgIpc) is 2.27. The molecule has 2 heteroatoms. The number of carbonyl (C=O) groups is 1. The van der Waals surface area contributed by atoms with Gasteiger partial charge in [0.2, 0.25) is 0 Å². The molecule has 0 radical (unpaired) electrons. The first kappa shape index (κ1) is 10.7. The van der Waals surface area contributed by atoms with E-state index in [1.54, 1.807) is 0 Å². The molecule has 1 aliphatic heterocycles. The highest BCUT2D eigenvalue weighted by molar-refractivity contribution is 5.96. The van der Waals surface area contributed by atoms with E-state index in [4.69, 9.17) is 0 Å². The highest BCUT2D eigenvalue weighted by Crippen LogP contribution is 2.22. The van der Waals surface area contributed by atoms with Crippen molar-refractivity contribution in [2.75, 3.05) is 0 Å². The van der Waals surface area contributed by atoms with E-state index < -0.39 is 0 Å². The first-order chi connectivity index (χ1) is 7.66. The fourth-order valence-electron chi connectivity index (χ4n) is 1.89. The summed E-state index contributed by atoms with van der Waals surface area (Å²) in [6.45, 7) is 5.70. The molecule has 1 N–H and O–H groups in total. The number of carbonyl (C=O) groups excluding carboxylic acids is 1. The second kappa shape index (κ2) is 4.35. The van der Waals surface area contributed by atoms with Crippen LogP contribution in [0.3, 0.4) is 0 Å². The van der Waals surface area contributed by atoms with Crippen molar-refractivity contribution in [3.8, 4) is 0 Å². The van der Waals surface area contributed by atoms with Crippen molar-refractivity contribution in [1.29, 1.82) is 0 Å². The molecule has 0 fully saturated rings. The van der Waals surface area contributed by atoms with E-state index in [1.807, 2.05) is 25.1 Å². The van der Waals surface area contributed by atoms with Gasteiger partial charge in [0.1, 0.15) is 0 Å². The van der Waals surface area contributed by atoms with E-state index in [2.05, 4.69) is 24.0 Å². The molecule has 0 saturated heterocycles. The molecule has 1 aromatic rings. The van der Waals surface area contributed by atoms with Crippen LogP contribution in [0.1, 0.15) is 18.9 Å². The van der Waals surface area contributed by atoms with Crippen molar-refractivity contribution in [2.24, 2.45) is 0 Å². The Morgan fingerprint density at radius 2 is 2.00 bits per heavy atom. The molecule has 0 aromatic heterocycles. The molecule has 0 bridgehead atoms. The quantitative estimate of drug-likeness (QED) is 0.803. The minimum Gasteiger partial charge on any atom is -0.326 e. The molecule has 0 aliphatic carbocycles. The van der Waals surface area contributed by atoms with Gasteiger partial charge in [0, 0.05) is 17.7 Å². The Bertz CT molecular complexity index is 457. The standard InChI is InChI=1S/C14H15NO/c1-10-8-13(11(2)14(16)15-10)9-12-6-4-3-5-7-12/h3-7H,1,8-9H2,2H3,(H,15,16). The van der Waals surface area contributed by atoms with E-state index >= 15 is 0 Å². The minimum absolute atomic E-state index is 0.0119. The lowest BCUT2D eigenvalue weighted by molar-refractivity contribution is -0.117. The van der Waals surface area contributed by atoms with Gasteiger partial charge >= 0.3 is 0 Å². The summed E-state index contributed by atoms with van der Waals surface area (Å²) in [7, 11) is 0. The van der Waals surface area contributed by atoms with Gasteiger partial charge in [-0.15, -0.1) is 0 Å². The maximum Gasteiger partial charge on any atom is 0.251 e. The van der Waals surface area contributed by atoms with Gasteiger partial charge in [0.05, 0.1) is 0 Å². The fourth-order valence-corrected chi connectivity index (χ4v) is 1.89. The first-order valence-corrected chi connectivity index (χ1v) is 5.38. The van der Waals surface area contributed by atoms with Crippen molar-refractivity contribution in [3.05, 3.63) is 59.3 Å². The van der Waals surface area contributed by atoms with Crippen LogP contribution in [-0.2, 0) is 11.2 Å². The molecular weight excluding hydrogens is 198 g/mol. The van der Waals surface area contributed by atoms with Crippen LogP contribution in [-0.4, -0.2) is 5.91 Å². The summed E-state index contributed by atoms with van der Waals surface area (Å²) >= 11 is 0. The molecule has 0 saturated carbocycles. The van der Waals surface area contributed by atoms with Crippen LogP contribution in [0.25, 0.3) is 0 Å². The number of amides is 1. The van der Waals surface area contributed by atoms with Crippen LogP contribution in [0.15, 0.2) is 53.8 Å². The van der Waals surface area contributed by atoms with Crippen LogP contribution in [0.2, 0.25) is 0 Å². The van der Waals surface area contributed by atoms with Gasteiger partial charge in [-0.1, -0.05) is 42.5 Å². The lowest BCUT2D eigenvalue weighted by Gasteiger charge is -2.20. The van der Waals surface area contributed by atoms with Crippen molar-refractivity contribution in [1.82, 2.24) is 5.32 Å². The van der Waals surface area contributed by atoms with Gasteiger partial charge in [0.15, 0.2) is 0 Å². The smallest absolute Gasteiger partial charge is 0.251 e. The van der Waals surface area contributed by atoms with Crippen LogP contribution < -0.4 is 5.32 Å². The molecule has 1 aliphatic rings. The summed E-state index contributed by atoms with van der Waals surface area (Å²) in [6, 6.07) is 10.2. The molecule has 16 heavy (non-hydrogen) atoms. The molecule has 2 nitrogen and oxygen atoms in total. The Hall–Kier alpha value is -1.83. The van der Waals surface area contributed by atoms with Crippen molar-refractivity contribution in [2.45, 2.75) is 19.8 Å². The van der Waals surface area contributed by atoms with Crippen LogP contribution in [0.4, 0.5) is 0 Å². The normalized spacial score (nSPS) is 16.3. The summed E-state index contributed by atoms with van der Waals surface area (Å²) in [4.78, 5) is 11.6. The van der Waals surface area contributed by atoms with E-state index in [0.717, 1.165) is 24.1 Å². The Labute approximate surface area is 95.7 Å². The lowest BCUT2D eigenvalue weighted by Crippen LogP contribution is -2.28. The Kier molecular flexibility index (Phi) is 2.91. The third kappa shape index (κ3) is 2.22. The SMILES string of the molecule is C=C1CC(Cc2ccccc2)=C(C)C(=O)N1. The van der Waals surface area contributed by atoms with Gasteiger partial charge in [-0.05, 0) is 18.9 Å². The molecule has 1 heterocycles. The molecule has 1 amide bonds. The zero-order valence-corrected chi connectivity index (χ0v) is 9.42. The molecular formula is C14H15NO. The van der Waals surface area contributed by atoms with E-state index in [0.29, 0.717) is 0 Å². The number of benzene rings is 1. The monoisotopic (exact) mass is 213 g/mol. The van der Waals surface area contributed by atoms with Crippen molar-refractivity contribution in [3.63, 3.8) is 0 Å². The number of hydrogen-bond acceptors (Lipinski definition) is 1. The van der Waals surface area contributed by atoms with E-state index in [9.17, 15) is 4.79 Å². The number of nitrogens with one attached hydrogen (secondary N) is 1. The highest BCUT2D eigenvalue weighted by Gasteiger charge is 2.18. The predicted molar refractivity (Wildman–Crippen MR) is 64.7 cm³/mol. The molecule has 0 spiro atoms. The maximum absolute atomic E-state index is 11.6. The molecule has 2 rings (SSSR count). The molecule has 0 unspecified atom stereocenters. The summed E-state index contributed by atoms with van der Waals surface area (Å²) in [6.07, 6.45) is 1.60. The minimum atomic E-state index is -0.0119. The van der Waals surface area contributed by atoms with Crippen LogP contribution in [0, 0.1) is 0 Å². The van der Waals surface area contributed by atoms with Crippen molar-refractivity contribution < 1.29 is 4.79 Å². The zero-order valence-electron chi connectivity index (χ0n) is 9.42.